The minimum atomic E-state index is -0.347. The van der Waals surface area contributed by atoms with Crippen molar-refractivity contribution in [2.45, 2.75) is 64.4 Å². The monoisotopic (exact) mass is 282 g/mol. The Balaban J connectivity index is 2.05. The molecule has 0 atom stereocenters. The van der Waals surface area contributed by atoms with Crippen molar-refractivity contribution in [1.29, 1.82) is 0 Å². The van der Waals surface area contributed by atoms with E-state index in [4.69, 9.17) is 14.4 Å². The van der Waals surface area contributed by atoms with E-state index >= 15 is 0 Å². The van der Waals surface area contributed by atoms with Crippen molar-refractivity contribution in [3.8, 4) is 0 Å². The van der Waals surface area contributed by atoms with E-state index in [1.165, 1.54) is 0 Å². The summed E-state index contributed by atoms with van der Waals surface area (Å²) in [4.78, 5) is 4.54. The van der Waals surface area contributed by atoms with E-state index in [0.717, 1.165) is 50.9 Å². The molecule has 5 nitrogen and oxygen atoms in total. The van der Waals surface area contributed by atoms with Crippen molar-refractivity contribution < 1.29 is 14.4 Å². The predicted octanol–water partition coefficient (Wildman–Crippen LogP) is 2.83. The van der Waals surface area contributed by atoms with E-state index < -0.39 is 0 Å². The van der Waals surface area contributed by atoms with Gasteiger partial charge in [0.05, 0.1) is 0 Å². The van der Waals surface area contributed by atoms with Gasteiger partial charge in [0, 0.05) is 19.6 Å². The molecule has 0 unspecified atom stereocenters. The van der Waals surface area contributed by atoms with Crippen molar-refractivity contribution in [2.24, 2.45) is 5.92 Å². The molecule has 0 aromatic carbocycles. The van der Waals surface area contributed by atoms with Crippen LogP contribution in [0.2, 0.25) is 0 Å². The Hall–Kier alpha value is -0.940. The van der Waals surface area contributed by atoms with E-state index in [2.05, 4.69) is 17.1 Å². The minimum Gasteiger partial charge on any atom is -0.396 e. The summed E-state index contributed by atoms with van der Waals surface area (Å²) in [7, 11) is 0. The summed E-state index contributed by atoms with van der Waals surface area (Å²) >= 11 is 0. The van der Waals surface area contributed by atoms with Crippen LogP contribution in [0.5, 0.6) is 0 Å². The first-order valence-corrected chi connectivity index (χ1v) is 7.78. The fourth-order valence-corrected chi connectivity index (χ4v) is 2.87. The van der Waals surface area contributed by atoms with Gasteiger partial charge in [0.15, 0.2) is 0 Å². The summed E-state index contributed by atoms with van der Waals surface area (Å²) in [5.74, 6) is 2.12. The number of hydrogen-bond acceptors (Lipinski definition) is 5. The fraction of sp³-hybridized carbons (Fsp3) is 0.867. The number of aliphatic hydroxyl groups is 1. The summed E-state index contributed by atoms with van der Waals surface area (Å²) in [6.07, 6.45) is 6.60. The van der Waals surface area contributed by atoms with Gasteiger partial charge in [-0.3, -0.25) is 0 Å². The first kappa shape index (κ1) is 15.4. The lowest BCUT2D eigenvalue weighted by molar-refractivity contribution is -0.0847. The summed E-state index contributed by atoms with van der Waals surface area (Å²) < 4.78 is 11.4. The number of hydrogen-bond donors (Lipinski definition) is 1. The maximum atomic E-state index is 8.80. The molecule has 0 bridgehead atoms. The third-order valence-corrected chi connectivity index (χ3v) is 4.18. The number of aromatic nitrogens is 2. The molecule has 0 amide bonds. The van der Waals surface area contributed by atoms with Crippen molar-refractivity contribution in [2.75, 3.05) is 13.2 Å². The van der Waals surface area contributed by atoms with Gasteiger partial charge in [-0.25, -0.2) is 0 Å². The van der Waals surface area contributed by atoms with Crippen LogP contribution in [0.3, 0.4) is 0 Å². The first-order valence-electron chi connectivity index (χ1n) is 7.78. The zero-order valence-electron chi connectivity index (χ0n) is 12.6. The van der Waals surface area contributed by atoms with E-state index in [1.807, 2.05) is 6.92 Å². The van der Waals surface area contributed by atoms with E-state index in [0.29, 0.717) is 18.3 Å². The Morgan fingerprint density at radius 2 is 2.10 bits per heavy atom. The van der Waals surface area contributed by atoms with Crippen LogP contribution >= 0.6 is 0 Å². The van der Waals surface area contributed by atoms with Crippen LogP contribution in [0.15, 0.2) is 4.52 Å². The minimum absolute atomic E-state index is 0.210. The van der Waals surface area contributed by atoms with Crippen LogP contribution < -0.4 is 0 Å². The van der Waals surface area contributed by atoms with Crippen LogP contribution in [0.4, 0.5) is 0 Å². The normalized spacial score (nSPS) is 26.9. The van der Waals surface area contributed by atoms with Gasteiger partial charge in [0.2, 0.25) is 11.7 Å². The summed E-state index contributed by atoms with van der Waals surface area (Å²) in [5.41, 5.74) is -0.347. The molecule has 1 saturated carbocycles. The fourth-order valence-electron chi connectivity index (χ4n) is 2.87. The lowest BCUT2D eigenvalue weighted by Gasteiger charge is -2.36. The lowest BCUT2D eigenvalue weighted by Crippen LogP contribution is -2.35. The molecule has 1 aliphatic carbocycles. The molecule has 1 aromatic rings. The molecule has 5 heteroatoms. The molecular weight excluding hydrogens is 256 g/mol. The molecule has 0 saturated heterocycles. The molecule has 2 rings (SSSR count). The van der Waals surface area contributed by atoms with Crippen LogP contribution in [0.1, 0.15) is 64.1 Å². The van der Waals surface area contributed by atoms with Gasteiger partial charge in [-0.15, -0.1) is 0 Å². The van der Waals surface area contributed by atoms with E-state index in [1.54, 1.807) is 0 Å². The Morgan fingerprint density at radius 1 is 1.35 bits per heavy atom. The standard InChI is InChI=1S/C15H26N2O3/c1-3-19-15(9-7-12(2)8-10-15)14-16-13(20-17-14)6-4-5-11-18/h12,18H,3-11H2,1-2H3. The number of aryl methyl sites for hydroxylation is 1. The molecule has 0 spiro atoms. The summed E-state index contributed by atoms with van der Waals surface area (Å²) in [6, 6.07) is 0. The van der Waals surface area contributed by atoms with Crippen molar-refractivity contribution in [1.82, 2.24) is 10.1 Å². The molecular formula is C15H26N2O3. The quantitative estimate of drug-likeness (QED) is 0.779. The average Bonchev–Trinajstić information content (AvgIpc) is 2.92. The first-order chi connectivity index (χ1) is 9.70. The van der Waals surface area contributed by atoms with Gasteiger partial charge < -0.3 is 14.4 Å². The Kier molecular flexibility index (Phi) is 5.54. The molecule has 20 heavy (non-hydrogen) atoms. The molecule has 0 aliphatic heterocycles. The van der Waals surface area contributed by atoms with E-state index in [-0.39, 0.29) is 12.2 Å². The van der Waals surface area contributed by atoms with Gasteiger partial charge in [-0.1, -0.05) is 12.1 Å². The highest BCUT2D eigenvalue weighted by Crippen LogP contribution is 2.41. The van der Waals surface area contributed by atoms with Crippen LogP contribution in [0, 0.1) is 5.92 Å². The highest BCUT2D eigenvalue weighted by molar-refractivity contribution is 5.04. The Bertz CT molecular complexity index is 398. The van der Waals surface area contributed by atoms with Gasteiger partial charge in [0.25, 0.3) is 0 Å². The molecule has 1 fully saturated rings. The molecule has 1 aliphatic rings. The topological polar surface area (TPSA) is 68.4 Å². The largest absolute Gasteiger partial charge is 0.396 e. The maximum absolute atomic E-state index is 8.80. The third-order valence-electron chi connectivity index (χ3n) is 4.18. The highest BCUT2D eigenvalue weighted by Gasteiger charge is 2.40. The van der Waals surface area contributed by atoms with Gasteiger partial charge in [-0.05, 0) is 51.4 Å². The van der Waals surface area contributed by atoms with Crippen LogP contribution in [0.25, 0.3) is 0 Å². The molecule has 0 radical (unpaired) electrons. The third kappa shape index (κ3) is 3.58. The van der Waals surface area contributed by atoms with E-state index in [9.17, 15) is 0 Å². The number of aliphatic hydroxyl groups excluding tert-OH is 1. The van der Waals surface area contributed by atoms with Gasteiger partial charge in [0.1, 0.15) is 5.60 Å². The zero-order chi connectivity index (χ0) is 14.4. The second kappa shape index (κ2) is 7.18. The average molecular weight is 282 g/mol. The second-order valence-electron chi connectivity index (χ2n) is 5.80. The molecule has 1 aromatic heterocycles. The molecule has 1 N–H and O–H groups in total. The van der Waals surface area contributed by atoms with Crippen LogP contribution in [-0.4, -0.2) is 28.5 Å². The lowest BCUT2D eigenvalue weighted by atomic mass is 9.79. The molecule has 1 heterocycles. The SMILES string of the molecule is CCOC1(c2noc(CCCCO)n2)CCC(C)CC1. The number of rotatable bonds is 7. The maximum Gasteiger partial charge on any atom is 0.226 e. The highest BCUT2D eigenvalue weighted by atomic mass is 16.5. The van der Waals surface area contributed by atoms with Crippen molar-refractivity contribution >= 4 is 0 Å². The second-order valence-corrected chi connectivity index (χ2v) is 5.80. The summed E-state index contributed by atoms with van der Waals surface area (Å²) in [5, 5.41) is 13.0. The number of ether oxygens (including phenoxy) is 1. The van der Waals surface area contributed by atoms with Crippen LogP contribution in [-0.2, 0) is 16.8 Å². The summed E-state index contributed by atoms with van der Waals surface area (Å²) in [6.45, 7) is 5.18. The molecule has 114 valence electrons. The van der Waals surface area contributed by atoms with Crippen molar-refractivity contribution in [3.05, 3.63) is 11.7 Å². The zero-order valence-corrected chi connectivity index (χ0v) is 12.6. The van der Waals surface area contributed by atoms with Crippen molar-refractivity contribution in [3.63, 3.8) is 0 Å². The number of unbranched alkanes of at least 4 members (excludes halogenated alkanes) is 1. The Labute approximate surface area is 120 Å². The van der Waals surface area contributed by atoms with Gasteiger partial charge >= 0.3 is 0 Å². The Morgan fingerprint density at radius 3 is 2.75 bits per heavy atom. The van der Waals surface area contributed by atoms with Gasteiger partial charge in [-0.2, -0.15) is 4.98 Å². The number of nitrogens with zero attached hydrogens (tertiary/aromatic N) is 2. The predicted molar refractivity (Wildman–Crippen MR) is 75.3 cm³/mol. The smallest absolute Gasteiger partial charge is 0.226 e.